The summed E-state index contributed by atoms with van der Waals surface area (Å²) >= 11 is 3.42. The molecule has 0 bridgehead atoms. The van der Waals surface area contributed by atoms with Crippen LogP contribution in [0.3, 0.4) is 0 Å². The molecule has 1 fully saturated rings. The zero-order chi connectivity index (χ0) is 24.3. The van der Waals surface area contributed by atoms with Gasteiger partial charge in [-0.25, -0.2) is 13.4 Å². The maximum absolute atomic E-state index is 13.5. The van der Waals surface area contributed by atoms with Gasteiger partial charge >= 0.3 is 5.97 Å². The number of carbonyl (C=O) groups excluding carboxylic acids is 1. The maximum Gasteiger partial charge on any atom is 0.327 e. The second kappa shape index (κ2) is 10.7. The molecule has 1 aliphatic heterocycles. The molecule has 0 amide bonds. The topological polar surface area (TPSA) is 113 Å². The number of halogens is 1. The minimum Gasteiger partial charge on any atom is -0.473 e. The molecule has 186 valence electrons. The fraction of sp³-hybridized carbons (Fsp3) is 0.591. The Bertz CT molecular complexity index is 1130. The summed E-state index contributed by atoms with van der Waals surface area (Å²) in [5.74, 6) is 0.00387. The highest BCUT2D eigenvalue weighted by Gasteiger charge is 2.35. The first-order valence-electron chi connectivity index (χ1n) is 11.4. The lowest BCUT2D eigenvalue weighted by Gasteiger charge is -2.31. The molecule has 1 atom stereocenters. The second-order valence-corrected chi connectivity index (χ2v) is 11.2. The summed E-state index contributed by atoms with van der Waals surface area (Å²) in [5.41, 5.74) is 1.68. The predicted octanol–water partition coefficient (Wildman–Crippen LogP) is 2.86. The van der Waals surface area contributed by atoms with E-state index in [1.54, 1.807) is 24.9 Å². The quantitative estimate of drug-likeness (QED) is 0.456. The first-order chi connectivity index (χ1) is 16.3. The van der Waals surface area contributed by atoms with Gasteiger partial charge in [0.2, 0.25) is 15.9 Å². The SMILES string of the molecule is CCOC(=O)Cn1ncc2c1CCC[C@H]2N(C)S(=O)(=O)c1cnc(OC2CCOCC2)c(Br)c1. The Morgan fingerprint density at radius 1 is 1.29 bits per heavy atom. The molecular weight excluding hydrogens is 528 g/mol. The van der Waals surface area contributed by atoms with E-state index in [4.69, 9.17) is 14.2 Å². The molecule has 2 aliphatic rings. The molecule has 1 aliphatic carbocycles. The van der Waals surface area contributed by atoms with E-state index < -0.39 is 10.0 Å². The van der Waals surface area contributed by atoms with Crippen molar-refractivity contribution in [2.75, 3.05) is 26.9 Å². The standard InChI is InChI=1S/C22H29BrN4O6S/c1-3-32-21(28)14-27-20-6-4-5-19(17(20)13-25-27)26(2)34(29,30)16-11-18(23)22(24-12-16)33-15-7-9-31-10-8-15/h11-13,15,19H,3-10,14H2,1-2H3/t19-/m1/s1. The molecule has 3 heterocycles. The number of nitrogens with zero attached hydrogens (tertiary/aromatic N) is 4. The van der Waals surface area contributed by atoms with Crippen LogP contribution >= 0.6 is 15.9 Å². The highest BCUT2D eigenvalue weighted by Crippen LogP contribution is 2.37. The lowest BCUT2D eigenvalue weighted by molar-refractivity contribution is -0.144. The Kier molecular flexibility index (Phi) is 7.90. The van der Waals surface area contributed by atoms with Crippen LogP contribution < -0.4 is 4.74 Å². The van der Waals surface area contributed by atoms with Crippen molar-refractivity contribution in [3.63, 3.8) is 0 Å². The number of ether oxygens (including phenoxy) is 3. The Labute approximate surface area is 207 Å². The van der Waals surface area contributed by atoms with E-state index in [2.05, 4.69) is 26.0 Å². The van der Waals surface area contributed by atoms with Gasteiger partial charge < -0.3 is 14.2 Å². The third-order valence-electron chi connectivity index (χ3n) is 6.16. The van der Waals surface area contributed by atoms with Crippen molar-refractivity contribution in [2.24, 2.45) is 0 Å². The van der Waals surface area contributed by atoms with Crippen molar-refractivity contribution in [3.05, 3.63) is 34.2 Å². The third kappa shape index (κ3) is 5.29. The first-order valence-corrected chi connectivity index (χ1v) is 13.6. The van der Waals surface area contributed by atoms with Gasteiger partial charge in [-0.15, -0.1) is 0 Å². The molecule has 2 aromatic rings. The van der Waals surface area contributed by atoms with Gasteiger partial charge in [-0.3, -0.25) is 9.48 Å². The largest absolute Gasteiger partial charge is 0.473 e. The monoisotopic (exact) mass is 556 g/mol. The summed E-state index contributed by atoms with van der Waals surface area (Å²) in [6.07, 6.45) is 6.69. The molecule has 0 spiro atoms. The summed E-state index contributed by atoms with van der Waals surface area (Å²) in [6.45, 7) is 3.34. The second-order valence-electron chi connectivity index (χ2n) is 8.33. The molecule has 10 nitrogen and oxygen atoms in total. The van der Waals surface area contributed by atoms with Gasteiger partial charge in [0.1, 0.15) is 17.5 Å². The van der Waals surface area contributed by atoms with Gasteiger partial charge in [-0.2, -0.15) is 9.40 Å². The minimum absolute atomic E-state index is 0.00511. The van der Waals surface area contributed by atoms with Crippen molar-refractivity contribution in [2.45, 2.75) is 62.6 Å². The van der Waals surface area contributed by atoms with Crippen molar-refractivity contribution in [1.29, 1.82) is 0 Å². The smallest absolute Gasteiger partial charge is 0.327 e. The van der Waals surface area contributed by atoms with Crippen LogP contribution in [-0.4, -0.2) is 66.4 Å². The maximum atomic E-state index is 13.5. The number of hydrogen-bond acceptors (Lipinski definition) is 8. The molecule has 34 heavy (non-hydrogen) atoms. The van der Waals surface area contributed by atoms with Gasteiger partial charge in [-0.05, 0) is 48.2 Å². The summed E-state index contributed by atoms with van der Waals surface area (Å²) in [5, 5.41) is 4.34. The first kappa shape index (κ1) is 25.1. The fourth-order valence-electron chi connectivity index (χ4n) is 4.36. The van der Waals surface area contributed by atoms with Crippen molar-refractivity contribution >= 4 is 31.9 Å². The van der Waals surface area contributed by atoms with Crippen LogP contribution in [0.2, 0.25) is 0 Å². The van der Waals surface area contributed by atoms with Crippen LogP contribution in [0.4, 0.5) is 0 Å². The highest BCUT2D eigenvalue weighted by molar-refractivity contribution is 9.10. The fourth-order valence-corrected chi connectivity index (χ4v) is 6.29. The molecule has 1 saturated heterocycles. The van der Waals surface area contributed by atoms with E-state index in [1.165, 1.54) is 16.6 Å². The Morgan fingerprint density at radius 3 is 2.76 bits per heavy atom. The van der Waals surface area contributed by atoms with E-state index >= 15 is 0 Å². The Balaban J connectivity index is 1.53. The normalized spacial score (nSPS) is 19.1. The Hall–Kier alpha value is -2.02. The summed E-state index contributed by atoms with van der Waals surface area (Å²) in [7, 11) is -2.27. The number of carbonyl (C=O) groups is 1. The molecule has 0 aromatic carbocycles. The molecule has 2 aromatic heterocycles. The van der Waals surface area contributed by atoms with E-state index in [1.807, 2.05) is 0 Å². The zero-order valence-electron chi connectivity index (χ0n) is 19.3. The van der Waals surface area contributed by atoms with Crippen molar-refractivity contribution in [1.82, 2.24) is 19.1 Å². The van der Waals surface area contributed by atoms with Gasteiger partial charge in [-0.1, -0.05) is 0 Å². The number of hydrogen-bond donors (Lipinski definition) is 0. The van der Waals surface area contributed by atoms with Gasteiger partial charge in [0, 0.05) is 31.1 Å². The van der Waals surface area contributed by atoms with Gasteiger partial charge in [0.25, 0.3) is 0 Å². The van der Waals surface area contributed by atoms with E-state index in [9.17, 15) is 13.2 Å². The van der Waals surface area contributed by atoms with Crippen LogP contribution in [0.25, 0.3) is 0 Å². The number of aromatic nitrogens is 3. The molecule has 0 unspecified atom stereocenters. The molecule has 0 radical (unpaired) electrons. The Morgan fingerprint density at radius 2 is 2.06 bits per heavy atom. The summed E-state index contributed by atoms with van der Waals surface area (Å²) in [6, 6.07) is 1.14. The average molecular weight is 557 g/mol. The number of pyridine rings is 1. The third-order valence-corrected chi connectivity index (χ3v) is 8.56. The van der Waals surface area contributed by atoms with Crippen LogP contribution in [0.1, 0.15) is 49.9 Å². The number of fused-ring (bicyclic) bond motifs is 1. The zero-order valence-corrected chi connectivity index (χ0v) is 21.7. The van der Waals surface area contributed by atoms with E-state index in [0.717, 1.165) is 36.9 Å². The number of esters is 1. The van der Waals surface area contributed by atoms with Gasteiger partial charge in [0.05, 0.1) is 42.7 Å². The van der Waals surface area contributed by atoms with Crippen molar-refractivity contribution in [3.8, 4) is 5.88 Å². The molecule has 12 heteroatoms. The van der Waals surface area contributed by atoms with Crippen LogP contribution in [0, 0.1) is 0 Å². The van der Waals surface area contributed by atoms with Crippen LogP contribution in [-0.2, 0) is 37.3 Å². The average Bonchev–Trinajstić information content (AvgIpc) is 3.23. The van der Waals surface area contributed by atoms with Crippen LogP contribution in [0.5, 0.6) is 5.88 Å². The lowest BCUT2D eigenvalue weighted by atomic mass is 9.93. The minimum atomic E-state index is -3.84. The van der Waals surface area contributed by atoms with E-state index in [0.29, 0.717) is 36.6 Å². The van der Waals surface area contributed by atoms with Crippen LogP contribution in [0.15, 0.2) is 27.8 Å². The molecule has 0 N–H and O–H groups in total. The van der Waals surface area contributed by atoms with E-state index in [-0.39, 0.29) is 29.6 Å². The molecule has 4 rings (SSSR count). The molecular formula is C22H29BrN4O6S. The predicted molar refractivity (Wildman–Crippen MR) is 126 cm³/mol. The van der Waals surface area contributed by atoms with Gasteiger partial charge in [0.15, 0.2) is 0 Å². The summed E-state index contributed by atoms with van der Waals surface area (Å²) in [4.78, 5) is 16.3. The van der Waals surface area contributed by atoms with Crippen molar-refractivity contribution < 1.29 is 27.4 Å². The number of sulfonamides is 1. The lowest BCUT2D eigenvalue weighted by Crippen LogP contribution is -2.33. The molecule has 0 saturated carbocycles. The highest BCUT2D eigenvalue weighted by atomic mass is 79.9. The number of rotatable bonds is 8. The summed E-state index contributed by atoms with van der Waals surface area (Å²) < 4.78 is 46.7.